The SMILES string of the molecule is O=C(OC1(O)CC1)c1ccc2c(n1)CCNC2. The fraction of sp³-hybridized carbons (Fsp3) is 0.500. The molecule has 1 fully saturated rings. The standard InChI is InChI=1S/C12H14N2O3/c15-11(17-12(16)4-5-12)10-2-1-8-7-13-6-3-9(8)14-10/h1-2,13,16H,3-7H2. The molecule has 0 aromatic carbocycles. The summed E-state index contributed by atoms with van der Waals surface area (Å²) in [5.74, 6) is -1.76. The molecule has 0 radical (unpaired) electrons. The van der Waals surface area contributed by atoms with Crippen LogP contribution in [0.25, 0.3) is 0 Å². The maximum atomic E-state index is 11.7. The Hall–Kier alpha value is -1.46. The van der Waals surface area contributed by atoms with E-state index < -0.39 is 11.8 Å². The van der Waals surface area contributed by atoms with Gasteiger partial charge in [-0.3, -0.25) is 0 Å². The highest BCUT2D eigenvalue weighted by atomic mass is 16.7. The van der Waals surface area contributed by atoms with Crippen LogP contribution in [0.1, 0.15) is 34.6 Å². The molecule has 1 aromatic rings. The fourth-order valence-corrected chi connectivity index (χ4v) is 1.88. The third-order valence-electron chi connectivity index (χ3n) is 3.09. The van der Waals surface area contributed by atoms with E-state index in [1.54, 1.807) is 6.07 Å². The summed E-state index contributed by atoms with van der Waals surface area (Å²) in [5.41, 5.74) is 2.35. The molecule has 17 heavy (non-hydrogen) atoms. The van der Waals surface area contributed by atoms with Gasteiger partial charge in [0.15, 0.2) is 0 Å². The van der Waals surface area contributed by atoms with Crippen molar-refractivity contribution in [1.29, 1.82) is 0 Å². The van der Waals surface area contributed by atoms with Crippen LogP contribution in [-0.4, -0.2) is 28.4 Å². The van der Waals surface area contributed by atoms with Crippen LogP contribution in [0.3, 0.4) is 0 Å². The van der Waals surface area contributed by atoms with Crippen molar-refractivity contribution in [3.8, 4) is 0 Å². The normalized spacial score (nSPS) is 20.5. The van der Waals surface area contributed by atoms with Gasteiger partial charge in [-0.25, -0.2) is 9.78 Å². The van der Waals surface area contributed by atoms with Crippen molar-refractivity contribution in [2.24, 2.45) is 0 Å². The minimum atomic E-state index is -1.23. The van der Waals surface area contributed by atoms with Gasteiger partial charge in [0.2, 0.25) is 5.79 Å². The third-order valence-corrected chi connectivity index (χ3v) is 3.09. The van der Waals surface area contributed by atoms with E-state index in [0.29, 0.717) is 12.8 Å². The molecule has 3 rings (SSSR count). The molecule has 0 unspecified atom stereocenters. The number of carbonyl (C=O) groups is 1. The molecule has 1 aromatic heterocycles. The van der Waals surface area contributed by atoms with Gasteiger partial charge in [0.25, 0.3) is 0 Å². The van der Waals surface area contributed by atoms with E-state index in [0.717, 1.165) is 30.8 Å². The van der Waals surface area contributed by atoms with Crippen LogP contribution in [0.5, 0.6) is 0 Å². The summed E-state index contributed by atoms with van der Waals surface area (Å²) >= 11 is 0. The Kier molecular flexibility index (Phi) is 2.38. The van der Waals surface area contributed by atoms with Crippen molar-refractivity contribution < 1.29 is 14.6 Å². The van der Waals surface area contributed by atoms with Gasteiger partial charge in [-0.1, -0.05) is 6.07 Å². The lowest BCUT2D eigenvalue weighted by Crippen LogP contribution is -2.26. The summed E-state index contributed by atoms with van der Waals surface area (Å²) < 4.78 is 4.96. The number of rotatable bonds is 2. The summed E-state index contributed by atoms with van der Waals surface area (Å²) in [5, 5.41) is 12.8. The van der Waals surface area contributed by atoms with E-state index in [1.165, 1.54) is 0 Å². The first kappa shape index (κ1) is 10.7. The van der Waals surface area contributed by atoms with Gasteiger partial charge in [0, 0.05) is 38.0 Å². The van der Waals surface area contributed by atoms with Crippen molar-refractivity contribution in [2.45, 2.75) is 31.6 Å². The van der Waals surface area contributed by atoms with Gasteiger partial charge in [-0.05, 0) is 11.6 Å². The number of nitrogens with zero attached hydrogens (tertiary/aromatic N) is 1. The molecule has 0 saturated heterocycles. The maximum Gasteiger partial charge on any atom is 0.359 e. The van der Waals surface area contributed by atoms with Crippen molar-refractivity contribution >= 4 is 5.97 Å². The average Bonchev–Trinajstić information content (AvgIpc) is 3.06. The number of hydrogen-bond donors (Lipinski definition) is 2. The van der Waals surface area contributed by atoms with Crippen LogP contribution < -0.4 is 5.32 Å². The monoisotopic (exact) mass is 234 g/mol. The first-order valence-corrected chi connectivity index (χ1v) is 5.82. The number of fused-ring (bicyclic) bond motifs is 1. The second kappa shape index (κ2) is 3.78. The van der Waals surface area contributed by atoms with Crippen molar-refractivity contribution in [3.05, 3.63) is 29.1 Å². The molecule has 0 amide bonds. The zero-order chi connectivity index (χ0) is 11.9. The largest absolute Gasteiger partial charge is 0.429 e. The van der Waals surface area contributed by atoms with Crippen molar-refractivity contribution in [2.75, 3.05) is 6.54 Å². The first-order valence-electron chi connectivity index (χ1n) is 5.82. The third kappa shape index (κ3) is 2.16. The van der Waals surface area contributed by atoms with Crippen LogP contribution >= 0.6 is 0 Å². The van der Waals surface area contributed by atoms with Gasteiger partial charge in [-0.2, -0.15) is 0 Å². The molecule has 1 saturated carbocycles. The minimum absolute atomic E-state index is 0.283. The number of hydrogen-bond acceptors (Lipinski definition) is 5. The second-order valence-corrected chi connectivity index (χ2v) is 4.56. The van der Waals surface area contributed by atoms with Crippen molar-refractivity contribution in [3.63, 3.8) is 0 Å². The number of aliphatic hydroxyl groups is 1. The Labute approximate surface area is 98.8 Å². The fourth-order valence-electron chi connectivity index (χ4n) is 1.88. The van der Waals surface area contributed by atoms with Crippen LogP contribution in [0.15, 0.2) is 12.1 Å². The summed E-state index contributed by atoms with van der Waals surface area (Å²) in [4.78, 5) is 16.0. The Morgan fingerprint density at radius 1 is 1.47 bits per heavy atom. The molecular weight excluding hydrogens is 220 g/mol. The topological polar surface area (TPSA) is 71.5 Å². The van der Waals surface area contributed by atoms with Crippen LogP contribution in [0.2, 0.25) is 0 Å². The molecule has 90 valence electrons. The molecule has 0 atom stereocenters. The maximum absolute atomic E-state index is 11.7. The quantitative estimate of drug-likeness (QED) is 0.571. The van der Waals surface area contributed by atoms with E-state index in [1.807, 2.05) is 6.07 Å². The van der Waals surface area contributed by atoms with E-state index >= 15 is 0 Å². The Morgan fingerprint density at radius 3 is 3.06 bits per heavy atom. The lowest BCUT2D eigenvalue weighted by atomic mass is 10.1. The molecule has 2 heterocycles. The van der Waals surface area contributed by atoms with E-state index in [4.69, 9.17) is 4.74 Å². The summed E-state index contributed by atoms with van der Waals surface area (Å²) in [6, 6.07) is 3.54. The van der Waals surface area contributed by atoms with Crippen LogP contribution in [0, 0.1) is 0 Å². The molecule has 5 heteroatoms. The molecule has 0 bridgehead atoms. The first-order chi connectivity index (χ1) is 8.16. The zero-order valence-corrected chi connectivity index (χ0v) is 9.40. The Balaban J connectivity index is 1.80. The van der Waals surface area contributed by atoms with E-state index in [2.05, 4.69) is 10.3 Å². The number of carbonyl (C=O) groups excluding carboxylic acids is 1. The van der Waals surface area contributed by atoms with Crippen LogP contribution in [0.4, 0.5) is 0 Å². The van der Waals surface area contributed by atoms with Gasteiger partial charge in [0.05, 0.1) is 0 Å². The Bertz CT molecular complexity index is 469. The summed E-state index contributed by atoms with van der Waals surface area (Å²) in [6.45, 7) is 1.67. The smallest absolute Gasteiger partial charge is 0.359 e. The average molecular weight is 234 g/mol. The number of nitrogens with one attached hydrogen (secondary N) is 1. The number of aromatic nitrogens is 1. The van der Waals surface area contributed by atoms with Gasteiger partial charge in [0.1, 0.15) is 5.69 Å². The van der Waals surface area contributed by atoms with Crippen LogP contribution in [-0.2, 0) is 17.7 Å². The minimum Gasteiger partial charge on any atom is -0.429 e. The number of ether oxygens (including phenoxy) is 1. The Morgan fingerprint density at radius 2 is 2.29 bits per heavy atom. The van der Waals surface area contributed by atoms with Gasteiger partial charge >= 0.3 is 5.97 Å². The zero-order valence-electron chi connectivity index (χ0n) is 9.40. The molecule has 5 nitrogen and oxygen atoms in total. The van der Waals surface area contributed by atoms with Gasteiger partial charge in [-0.15, -0.1) is 0 Å². The molecule has 1 aliphatic carbocycles. The van der Waals surface area contributed by atoms with E-state index in [9.17, 15) is 9.90 Å². The molecule has 0 spiro atoms. The number of esters is 1. The second-order valence-electron chi connectivity index (χ2n) is 4.56. The predicted octanol–water partition coefficient (Wildman–Crippen LogP) is 0.366. The molecule has 2 N–H and O–H groups in total. The summed E-state index contributed by atoms with van der Waals surface area (Å²) in [7, 11) is 0. The lowest BCUT2D eigenvalue weighted by Gasteiger charge is -2.17. The van der Waals surface area contributed by atoms with Gasteiger partial charge < -0.3 is 15.2 Å². The highest BCUT2D eigenvalue weighted by Gasteiger charge is 2.45. The number of pyridine rings is 1. The predicted molar refractivity (Wildman–Crippen MR) is 59.2 cm³/mol. The van der Waals surface area contributed by atoms with Crippen molar-refractivity contribution in [1.82, 2.24) is 10.3 Å². The lowest BCUT2D eigenvalue weighted by molar-refractivity contribution is -0.0869. The highest BCUT2D eigenvalue weighted by molar-refractivity contribution is 5.87. The summed E-state index contributed by atoms with van der Waals surface area (Å²) in [6.07, 6.45) is 1.86. The van der Waals surface area contributed by atoms with E-state index in [-0.39, 0.29) is 5.69 Å². The molecular formula is C12H14N2O3. The highest BCUT2D eigenvalue weighted by Crippen LogP contribution is 2.36. The molecule has 2 aliphatic rings. The molecule has 1 aliphatic heterocycles.